The van der Waals surface area contributed by atoms with E-state index in [1.807, 2.05) is 12.1 Å². The van der Waals surface area contributed by atoms with Crippen LogP contribution in [0, 0.1) is 17.2 Å². The molecule has 1 saturated heterocycles. The molecule has 0 radical (unpaired) electrons. The molecule has 4 rings (SSSR count). The van der Waals surface area contributed by atoms with Crippen molar-refractivity contribution >= 4 is 38.4 Å². The molecular formula is C26H25F3N4O6S. The van der Waals surface area contributed by atoms with E-state index < -0.39 is 28.1 Å². The smallest absolute Gasteiger partial charge is 0.490 e. The van der Waals surface area contributed by atoms with Crippen LogP contribution in [0.25, 0.3) is 10.8 Å². The highest BCUT2D eigenvalue weighted by Crippen LogP contribution is 2.26. The van der Waals surface area contributed by atoms with E-state index in [2.05, 4.69) is 10.8 Å². The maximum Gasteiger partial charge on any atom is 0.490 e. The first-order valence-corrected chi connectivity index (χ1v) is 13.2. The second-order valence-electron chi connectivity index (χ2n) is 8.80. The van der Waals surface area contributed by atoms with Crippen LogP contribution in [0.5, 0.6) is 5.75 Å². The second kappa shape index (κ2) is 12.2. The number of carboxylic acid groups (broad SMARTS) is 1. The lowest BCUT2D eigenvalue weighted by Gasteiger charge is -2.18. The minimum atomic E-state index is -5.08. The number of carbonyl (C=O) groups excluding carboxylic acids is 1. The molecule has 212 valence electrons. The molecule has 3 aromatic rings. The number of rotatable bonds is 7. The van der Waals surface area contributed by atoms with Gasteiger partial charge in [0, 0.05) is 25.3 Å². The maximum atomic E-state index is 12.9. The molecule has 1 unspecified atom stereocenters. The van der Waals surface area contributed by atoms with Crippen molar-refractivity contribution in [2.24, 2.45) is 5.92 Å². The molecule has 1 atom stereocenters. The van der Waals surface area contributed by atoms with Gasteiger partial charge < -0.3 is 20.5 Å². The standard InChI is InChI=1S/C24H24N4O4S.C2HF3O2/c1-32-21-5-3-17-4-6-22(12-19(17)11-21)33(30,31)27-14-18-8-9-28(24(18)29)15-20-10-16(13-25)2-7-23(20)26;3-2(4,5)1(6)7/h2-7,10-12,18,27H,8-9,14-15,26H2,1H3;(H,6,7). The lowest BCUT2D eigenvalue weighted by Crippen LogP contribution is -2.34. The highest BCUT2D eigenvalue weighted by atomic mass is 32.2. The minimum Gasteiger partial charge on any atom is -0.497 e. The van der Waals surface area contributed by atoms with Gasteiger partial charge in [-0.3, -0.25) is 4.79 Å². The number of nitrogen functional groups attached to an aromatic ring is 1. The zero-order valence-electron chi connectivity index (χ0n) is 21.1. The number of nitrogens with one attached hydrogen (secondary N) is 1. The number of nitrogens with two attached hydrogens (primary N) is 1. The minimum absolute atomic E-state index is 0.0154. The SMILES string of the molecule is COc1ccc2ccc(S(=O)(=O)NCC3CCN(Cc4cc(C#N)ccc4N)C3=O)cc2c1.O=C(O)C(F)(F)F. The van der Waals surface area contributed by atoms with E-state index >= 15 is 0 Å². The molecule has 1 heterocycles. The Morgan fingerprint density at radius 2 is 1.85 bits per heavy atom. The number of hydrogen-bond donors (Lipinski definition) is 3. The Bertz CT molecular complexity index is 1570. The van der Waals surface area contributed by atoms with Gasteiger partial charge in [-0.2, -0.15) is 18.4 Å². The van der Waals surface area contributed by atoms with Crippen molar-refractivity contribution in [3.05, 3.63) is 65.7 Å². The van der Waals surface area contributed by atoms with Gasteiger partial charge in [-0.15, -0.1) is 0 Å². The third-order valence-corrected chi connectivity index (χ3v) is 7.55. The predicted molar refractivity (Wildman–Crippen MR) is 138 cm³/mol. The van der Waals surface area contributed by atoms with Crippen LogP contribution in [0.15, 0.2) is 59.5 Å². The van der Waals surface area contributed by atoms with Gasteiger partial charge in [0.15, 0.2) is 0 Å². The van der Waals surface area contributed by atoms with E-state index in [-0.39, 0.29) is 23.9 Å². The summed E-state index contributed by atoms with van der Waals surface area (Å²) in [5.74, 6) is -2.71. The van der Waals surface area contributed by atoms with Gasteiger partial charge in [0.05, 0.1) is 29.6 Å². The van der Waals surface area contributed by atoms with Crippen LogP contribution >= 0.6 is 0 Å². The average molecular weight is 579 g/mol. The Balaban J connectivity index is 0.000000559. The number of methoxy groups -OCH3 is 1. The number of hydrogen-bond acceptors (Lipinski definition) is 7. The summed E-state index contributed by atoms with van der Waals surface area (Å²) >= 11 is 0. The van der Waals surface area contributed by atoms with E-state index in [1.54, 1.807) is 54.5 Å². The highest BCUT2D eigenvalue weighted by molar-refractivity contribution is 7.89. The van der Waals surface area contributed by atoms with Gasteiger partial charge in [0.25, 0.3) is 0 Å². The molecule has 0 spiro atoms. The molecule has 14 heteroatoms. The predicted octanol–water partition coefficient (Wildman–Crippen LogP) is 3.26. The number of halogens is 3. The number of alkyl halides is 3. The van der Waals surface area contributed by atoms with Crippen LogP contribution in [0.1, 0.15) is 17.5 Å². The Morgan fingerprint density at radius 1 is 1.18 bits per heavy atom. The number of amides is 1. The third kappa shape index (κ3) is 7.39. The molecule has 40 heavy (non-hydrogen) atoms. The quantitative estimate of drug-likeness (QED) is 0.360. The molecule has 1 fully saturated rings. The Labute approximate surface area is 227 Å². The lowest BCUT2D eigenvalue weighted by molar-refractivity contribution is -0.192. The van der Waals surface area contributed by atoms with Crippen LogP contribution in [-0.4, -0.2) is 56.7 Å². The summed E-state index contributed by atoms with van der Waals surface area (Å²) in [6.07, 6.45) is -4.55. The zero-order valence-corrected chi connectivity index (χ0v) is 21.9. The van der Waals surface area contributed by atoms with Crippen molar-refractivity contribution < 1.29 is 41.0 Å². The first-order valence-electron chi connectivity index (χ1n) is 11.7. The molecule has 0 saturated carbocycles. The zero-order chi connectivity index (χ0) is 29.7. The summed E-state index contributed by atoms with van der Waals surface area (Å²) in [6.45, 7) is 0.800. The summed E-state index contributed by atoms with van der Waals surface area (Å²) < 4.78 is 65.3. The van der Waals surface area contributed by atoms with Crippen molar-refractivity contribution in [3.63, 3.8) is 0 Å². The van der Waals surface area contributed by atoms with Crippen LogP contribution < -0.4 is 15.2 Å². The van der Waals surface area contributed by atoms with E-state index in [1.165, 1.54) is 0 Å². The van der Waals surface area contributed by atoms with Crippen molar-refractivity contribution in [1.29, 1.82) is 5.26 Å². The summed E-state index contributed by atoms with van der Waals surface area (Å²) in [5.41, 5.74) is 7.69. The fourth-order valence-corrected chi connectivity index (χ4v) is 5.07. The monoisotopic (exact) mass is 578 g/mol. The van der Waals surface area contributed by atoms with Crippen molar-refractivity contribution in [3.8, 4) is 11.8 Å². The van der Waals surface area contributed by atoms with Gasteiger partial charge in [0.2, 0.25) is 15.9 Å². The fraction of sp³-hybridized carbons (Fsp3) is 0.269. The van der Waals surface area contributed by atoms with Gasteiger partial charge in [-0.25, -0.2) is 17.9 Å². The van der Waals surface area contributed by atoms with Crippen LogP contribution in [0.2, 0.25) is 0 Å². The number of likely N-dealkylation sites (tertiary alicyclic amines) is 1. The highest BCUT2D eigenvalue weighted by Gasteiger charge is 2.38. The number of anilines is 1. The first-order chi connectivity index (χ1) is 18.7. The molecule has 0 aromatic heterocycles. The van der Waals surface area contributed by atoms with Gasteiger partial charge in [-0.05, 0) is 65.2 Å². The van der Waals surface area contributed by atoms with Gasteiger partial charge in [0.1, 0.15) is 5.75 Å². The normalized spacial score (nSPS) is 15.3. The number of fused-ring (bicyclic) bond motifs is 1. The molecule has 1 aliphatic heterocycles. The number of nitrogens with zero attached hydrogens (tertiary/aromatic N) is 2. The Kier molecular flexibility index (Phi) is 9.23. The topological polar surface area (TPSA) is 163 Å². The van der Waals surface area contributed by atoms with E-state index in [0.29, 0.717) is 35.5 Å². The van der Waals surface area contributed by atoms with Crippen LogP contribution in [0.4, 0.5) is 18.9 Å². The van der Waals surface area contributed by atoms with E-state index in [0.717, 1.165) is 10.8 Å². The van der Waals surface area contributed by atoms with E-state index in [4.69, 9.17) is 25.6 Å². The number of nitriles is 1. The molecular weight excluding hydrogens is 553 g/mol. The number of aliphatic carboxylic acids is 1. The van der Waals surface area contributed by atoms with Gasteiger partial charge >= 0.3 is 12.1 Å². The Hall–Kier alpha value is -4.35. The number of ether oxygens (including phenoxy) is 1. The lowest BCUT2D eigenvalue weighted by atomic mass is 10.1. The van der Waals surface area contributed by atoms with Gasteiger partial charge in [-0.1, -0.05) is 12.1 Å². The molecule has 10 nitrogen and oxygen atoms in total. The molecule has 1 aliphatic rings. The third-order valence-electron chi connectivity index (χ3n) is 6.13. The maximum absolute atomic E-state index is 12.9. The van der Waals surface area contributed by atoms with E-state index in [9.17, 15) is 26.4 Å². The molecule has 0 aliphatic carbocycles. The Morgan fingerprint density at radius 3 is 2.48 bits per heavy atom. The second-order valence-corrected chi connectivity index (χ2v) is 10.6. The first kappa shape index (κ1) is 30.2. The molecule has 0 bridgehead atoms. The fourth-order valence-electron chi connectivity index (χ4n) is 3.96. The number of sulfonamides is 1. The number of carbonyl (C=O) groups is 2. The number of carboxylic acids is 1. The summed E-state index contributed by atoms with van der Waals surface area (Å²) in [4.78, 5) is 23.5. The summed E-state index contributed by atoms with van der Waals surface area (Å²) in [6, 6.07) is 17.4. The molecule has 4 N–H and O–H groups in total. The molecule has 3 aromatic carbocycles. The van der Waals surface area contributed by atoms with Crippen LogP contribution in [0.3, 0.4) is 0 Å². The molecule has 1 amide bonds. The summed E-state index contributed by atoms with van der Waals surface area (Å²) in [7, 11) is -2.24. The van der Waals surface area contributed by atoms with Crippen molar-refractivity contribution in [2.75, 3.05) is 25.9 Å². The number of benzene rings is 3. The van der Waals surface area contributed by atoms with Crippen molar-refractivity contribution in [1.82, 2.24) is 9.62 Å². The summed E-state index contributed by atoms with van der Waals surface area (Å²) in [5, 5.41) is 17.9. The van der Waals surface area contributed by atoms with Crippen molar-refractivity contribution in [2.45, 2.75) is 24.0 Å². The average Bonchev–Trinajstić information content (AvgIpc) is 3.26. The largest absolute Gasteiger partial charge is 0.497 e. The van der Waals surface area contributed by atoms with Crippen LogP contribution in [-0.2, 0) is 26.2 Å².